The van der Waals surface area contributed by atoms with Crippen molar-refractivity contribution in [2.75, 3.05) is 43.7 Å². The van der Waals surface area contributed by atoms with Crippen molar-refractivity contribution in [2.24, 2.45) is 5.73 Å². The highest BCUT2D eigenvalue weighted by atomic mass is 19.1. The van der Waals surface area contributed by atoms with Crippen LogP contribution in [0.1, 0.15) is 29.4 Å². The van der Waals surface area contributed by atoms with Gasteiger partial charge < -0.3 is 30.5 Å². The van der Waals surface area contributed by atoms with Gasteiger partial charge >= 0.3 is 0 Å². The molecule has 0 radical (unpaired) electrons. The zero-order valence-corrected chi connectivity index (χ0v) is 22.3. The molecule has 2 saturated heterocycles. The summed E-state index contributed by atoms with van der Waals surface area (Å²) in [7, 11) is 1.40. The molecule has 0 spiro atoms. The second-order valence-corrected chi connectivity index (χ2v) is 10.1. The lowest BCUT2D eigenvalue weighted by Gasteiger charge is -2.28. The molecule has 0 saturated carbocycles. The third kappa shape index (κ3) is 4.85. The minimum Gasteiger partial charge on any atom is -0.496 e. The number of ether oxygens (including phenoxy) is 2. The Labute approximate surface area is 233 Å². The number of amides is 1. The van der Waals surface area contributed by atoms with Gasteiger partial charge in [0.15, 0.2) is 11.6 Å². The number of nitrogens with zero attached hydrogens (tertiary/aromatic N) is 5. The Balaban J connectivity index is 1.42. The normalized spacial score (nSPS) is 20.6. The first-order chi connectivity index (χ1) is 19.9. The van der Waals surface area contributed by atoms with Crippen LogP contribution in [0.4, 0.5) is 20.2 Å². The number of nitrogens with two attached hydrogens (primary N) is 1. The molecule has 214 valence electrons. The van der Waals surface area contributed by atoms with Gasteiger partial charge in [0, 0.05) is 36.8 Å². The summed E-state index contributed by atoms with van der Waals surface area (Å²) in [4.78, 5) is 23.8. The van der Waals surface area contributed by atoms with Crippen LogP contribution < -0.4 is 20.7 Å². The Hall–Kier alpha value is -4.20. The maximum Gasteiger partial charge on any atom is 0.274 e. The third-order valence-corrected chi connectivity index (χ3v) is 7.55. The van der Waals surface area contributed by atoms with Crippen molar-refractivity contribution in [3.8, 4) is 17.1 Å². The van der Waals surface area contributed by atoms with Gasteiger partial charge in [0.05, 0.1) is 55.5 Å². The summed E-state index contributed by atoms with van der Waals surface area (Å²) in [6.45, 7) is 1.18. The molecule has 13 heteroatoms. The van der Waals surface area contributed by atoms with Crippen LogP contribution in [0, 0.1) is 11.6 Å². The molecule has 2 aromatic heterocycles. The summed E-state index contributed by atoms with van der Waals surface area (Å²) >= 11 is 0. The highest BCUT2D eigenvalue weighted by Gasteiger charge is 2.34. The molecule has 4 heterocycles. The number of nitrogens with one attached hydrogen (secondary N) is 1. The Morgan fingerprint density at radius 3 is 2.90 bits per heavy atom. The molecule has 3 atom stereocenters. The van der Waals surface area contributed by atoms with Crippen molar-refractivity contribution in [1.29, 1.82) is 0 Å². The van der Waals surface area contributed by atoms with Gasteiger partial charge in [0.2, 0.25) is 0 Å². The molecule has 4 N–H and O–H groups in total. The third-order valence-electron chi connectivity index (χ3n) is 7.55. The van der Waals surface area contributed by atoms with Gasteiger partial charge in [0.25, 0.3) is 5.91 Å². The number of fused-ring (bicyclic) bond motifs is 1. The lowest BCUT2D eigenvalue weighted by atomic mass is 10.1. The summed E-state index contributed by atoms with van der Waals surface area (Å²) in [5, 5.41) is 17.9. The van der Waals surface area contributed by atoms with E-state index in [1.165, 1.54) is 37.6 Å². The fourth-order valence-corrected chi connectivity index (χ4v) is 5.66. The van der Waals surface area contributed by atoms with E-state index >= 15 is 4.39 Å². The molecule has 4 aromatic rings. The number of halogens is 2. The van der Waals surface area contributed by atoms with Gasteiger partial charge in [-0.1, -0.05) is 6.07 Å². The summed E-state index contributed by atoms with van der Waals surface area (Å²) in [6, 6.07) is 6.22. The maximum absolute atomic E-state index is 15.8. The van der Waals surface area contributed by atoms with E-state index in [1.807, 2.05) is 4.90 Å². The van der Waals surface area contributed by atoms with Crippen molar-refractivity contribution in [1.82, 2.24) is 19.7 Å². The number of hydrogen-bond acceptors (Lipinski definition) is 9. The van der Waals surface area contributed by atoms with E-state index in [2.05, 4.69) is 20.4 Å². The van der Waals surface area contributed by atoms with Crippen LogP contribution in [0.2, 0.25) is 0 Å². The molecule has 2 aliphatic heterocycles. The number of methoxy groups -OCH3 is 1. The molecular weight excluding hydrogens is 536 g/mol. The van der Waals surface area contributed by atoms with E-state index in [-0.39, 0.29) is 58.8 Å². The number of anilines is 2. The highest BCUT2D eigenvalue weighted by Crippen LogP contribution is 2.41. The maximum atomic E-state index is 15.8. The molecule has 2 fully saturated rings. The second kappa shape index (κ2) is 11.0. The van der Waals surface area contributed by atoms with Crippen LogP contribution in [-0.2, 0) is 4.74 Å². The molecule has 0 aliphatic carbocycles. The fourth-order valence-electron chi connectivity index (χ4n) is 5.66. The van der Waals surface area contributed by atoms with Gasteiger partial charge in [-0.05, 0) is 31.0 Å². The molecule has 2 aliphatic rings. The Bertz CT molecular complexity index is 1610. The predicted molar refractivity (Wildman–Crippen MR) is 147 cm³/mol. The minimum atomic E-state index is -0.662. The SMILES string of the molecule is COc1cccc(F)c1-c1nccc(C(=O)Nc2cc(F)c3c(cnn3[C@@H]3CCOC3)c2N2C[C@@H](N)C[C@H]2CO)n1. The first-order valence-corrected chi connectivity index (χ1v) is 13.3. The van der Waals surface area contributed by atoms with Gasteiger partial charge in [-0.2, -0.15) is 5.10 Å². The van der Waals surface area contributed by atoms with Gasteiger partial charge in [-0.3, -0.25) is 9.48 Å². The van der Waals surface area contributed by atoms with E-state index in [1.54, 1.807) is 16.9 Å². The summed E-state index contributed by atoms with van der Waals surface area (Å²) in [6.07, 6.45) is 4.11. The zero-order chi connectivity index (χ0) is 28.7. The molecule has 0 bridgehead atoms. The van der Waals surface area contributed by atoms with E-state index in [0.717, 1.165) is 0 Å². The molecule has 11 nitrogen and oxygen atoms in total. The van der Waals surface area contributed by atoms with Gasteiger partial charge in [0.1, 0.15) is 22.8 Å². The summed E-state index contributed by atoms with van der Waals surface area (Å²) in [5.41, 5.74) is 7.13. The van der Waals surface area contributed by atoms with Crippen LogP contribution >= 0.6 is 0 Å². The fraction of sp³-hybridized carbons (Fsp3) is 0.357. The van der Waals surface area contributed by atoms with Gasteiger partial charge in [-0.25, -0.2) is 18.7 Å². The second-order valence-electron chi connectivity index (χ2n) is 10.1. The lowest BCUT2D eigenvalue weighted by molar-refractivity contribution is 0.102. The van der Waals surface area contributed by atoms with Gasteiger partial charge in [-0.15, -0.1) is 0 Å². The average molecular weight is 566 g/mol. The smallest absolute Gasteiger partial charge is 0.274 e. The van der Waals surface area contributed by atoms with Crippen molar-refractivity contribution >= 4 is 28.2 Å². The van der Waals surface area contributed by atoms with Crippen LogP contribution in [0.25, 0.3) is 22.3 Å². The monoisotopic (exact) mass is 565 g/mol. The number of aromatic nitrogens is 4. The first kappa shape index (κ1) is 27.0. The van der Waals surface area contributed by atoms with Crippen molar-refractivity contribution in [3.05, 3.63) is 60.1 Å². The standard InChI is InChI=1S/C28H29F2N7O4/c1-40-23-4-2-3-19(29)24(23)27-32-7-5-21(34-27)28(39)35-22-10-20(30)25-18(11-33-37(25)16-6-8-41-14-16)26(22)36-12-15(31)9-17(36)13-38/h2-5,7,10-11,15-17,38H,6,8-9,12-14,31H2,1H3,(H,35,39)/t15-,16+,17-/m0/s1. The molecular formula is C28H29F2N7O4. The lowest BCUT2D eigenvalue weighted by Crippen LogP contribution is -2.34. The number of carbonyl (C=O) groups is 1. The molecule has 41 heavy (non-hydrogen) atoms. The average Bonchev–Trinajstić information content (AvgIpc) is 3.73. The topological polar surface area (TPSA) is 141 Å². The predicted octanol–water partition coefficient (Wildman–Crippen LogP) is 2.89. The number of aliphatic hydroxyl groups is 1. The molecule has 1 amide bonds. The van der Waals surface area contributed by atoms with E-state index in [9.17, 15) is 14.3 Å². The number of hydrogen-bond donors (Lipinski definition) is 3. The Kier molecular flexibility index (Phi) is 7.24. The number of rotatable bonds is 7. The summed E-state index contributed by atoms with van der Waals surface area (Å²) < 4.78 is 42.8. The van der Waals surface area contributed by atoms with Crippen LogP contribution in [0.3, 0.4) is 0 Å². The van der Waals surface area contributed by atoms with Crippen molar-refractivity contribution in [2.45, 2.75) is 31.0 Å². The number of aliphatic hydroxyl groups excluding tert-OH is 1. The highest BCUT2D eigenvalue weighted by molar-refractivity contribution is 6.09. The molecule has 6 rings (SSSR count). The minimum absolute atomic E-state index is 0.0120. The zero-order valence-electron chi connectivity index (χ0n) is 22.3. The number of benzene rings is 2. The van der Waals surface area contributed by atoms with E-state index in [4.69, 9.17) is 15.2 Å². The first-order valence-electron chi connectivity index (χ1n) is 13.3. The largest absolute Gasteiger partial charge is 0.496 e. The van der Waals surface area contributed by atoms with Crippen molar-refractivity contribution in [3.63, 3.8) is 0 Å². The van der Waals surface area contributed by atoms with Crippen LogP contribution in [0.5, 0.6) is 5.75 Å². The van der Waals surface area contributed by atoms with Crippen molar-refractivity contribution < 1.29 is 28.2 Å². The molecule has 2 aromatic carbocycles. The quantitative estimate of drug-likeness (QED) is 0.309. The van der Waals surface area contributed by atoms with E-state index < -0.39 is 17.5 Å². The Morgan fingerprint density at radius 2 is 2.15 bits per heavy atom. The van der Waals surface area contributed by atoms with E-state index in [0.29, 0.717) is 43.7 Å². The van der Waals surface area contributed by atoms with Crippen LogP contribution in [-0.4, -0.2) is 76.3 Å². The van der Waals surface area contributed by atoms with Crippen LogP contribution in [0.15, 0.2) is 42.7 Å². The molecule has 0 unspecified atom stereocenters. The number of carbonyl (C=O) groups excluding carboxylic acids is 1. The summed E-state index contributed by atoms with van der Waals surface area (Å²) in [5.74, 6) is -1.68. The Morgan fingerprint density at radius 1 is 1.29 bits per heavy atom.